The molecule has 0 radical (unpaired) electrons. The first-order valence-corrected chi connectivity index (χ1v) is 13.4. The number of aromatic nitrogens is 2. The van der Waals surface area contributed by atoms with Gasteiger partial charge in [0, 0.05) is 48.9 Å². The molecule has 216 valence electrons. The molecule has 0 spiro atoms. The number of nitrogens with zero attached hydrogens (tertiary/aromatic N) is 3. The normalized spacial score (nSPS) is 21.3. The molecule has 3 heterocycles. The Balaban J connectivity index is 1.51. The van der Waals surface area contributed by atoms with Crippen LogP contribution in [-0.2, 0) is 6.42 Å². The van der Waals surface area contributed by atoms with Gasteiger partial charge in [-0.25, -0.2) is 22.0 Å². The standard InChI is InChI=1S/C29H32F6N4O/c1-17-7-19-8-18(21-11-36-37-12-21)3-4-23(19)28(39(17)15-29(34,35)16-40)26-24(31)9-20(10-25(26)32)27(33)22-13-38(14-22)6-2-5-30/h3-4,8-12,17,22,27-28,40H,2,5-7,13-16H2,1H3,(H,36,37)/t17-,27?,28+/m1/s1. The smallest absolute Gasteiger partial charge is 0.283 e. The molecule has 0 saturated carbocycles. The van der Waals surface area contributed by atoms with Crippen molar-refractivity contribution < 1.29 is 31.4 Å². The van der Waals surface area contributed by atoms with Gasteiger partial charge in [0.15, 0.2) is 0 Å². The Bertz CT molecular complexity index is 1290. The van der Waals surface area contributed by atoms with Gasteiger partial charge < -0.3 is 10.0 Å². The van der Waals surface area contributed by atoms with Gasteiger partial charge >= 0.3 is 0 Å². The van der Waals surface area contributed by atoms with E-state index in [9.17, 15) is 18.3 Å². The molecular weight excluding hydrogens is 534 g/mol. The van der Waals surface area contributed by atoms with Crippen molar-refractivity contribution in [3.05, 3.63) is 76.6 Å². The number of hydrogen-bond acceptors (Lipinski definition) is 4. The lowest BCUT2D eigenvalue weighted by Crippen LogP contribution is -2.49. The van der Waals surface area contributed by atoms with Gasteiger partial charge in [-0.3, -0.25) is 14.4 Å². The van der Waals surface area contributed by atoms with E-state index in [1.165, 1.54) is 4.90 Å². The number of aromatic amines is 1. The van der Waals surface area contributed by atoms with Crippen LogP contribution < -0.4 is 0 Å². The maximum atomic E-state index is 15.8. The summed E-state index contributed by atoms with van der Waals surface area (Å²) >= 11 is 0. The Morgan fingerprint density at radius 3 is 2.48 bits per heavy atom. The van der Waals surface area contributed by atoms with Crippen molar-refractivity contribution in [3.8, 4) is 11.1 Å². The molecule has 2 aliphatic heterocycles. The highest BCUT2D eigenvalue weighted by Crippen LogP contribution is 2.44. The predicted octanol–water partition coefficient (Wildman–Crippen LogP) is 5.62. The fourth-order valence-corrected chi connectivity index (χ4v) is 5.95. The SMILES string of the molecule is C[C@@H]1Cc2cc(-c3cn[nH]c3)ccc2[C@@H](c2c(F)cc(C(F)C3CN(CCCF)C3)cc2F)N1CC(F)(F)CO. The average molecular weight is 567 g/mol. The Morgan fingerprint density at radius 2 is 1.85 bits per heavy atom. The molecule has 5 nitrogen and oxygen atoms in total. The second-order valence-corrected chi connectivity index (χ2v) is 10.9. The maximum Gasteiger partial charge on any atom is 0.283 e. The first-order valence-electron chi connectivity index (χ1n) is 13.4. The zero-order valence-corrected chi connectivity index (χ0v) is 22.1. The highest BCUT2D eigenvalue weighted by atomic mass is 19.3. The van der Waals surface area contributed by atoms with Gasteiger partial charge in [-0.2, -0.15) is 5.10 Å². The summed E-state index contributed by atoms with van der Waals surface area (Å²) in [5.41, 5.74) is 2.23. The quantitative estimate of drug-likeness (QED) is 0.313. The molecule has 40 heavy (non-hydrogen) atoms. The van der Waals surface area contributed by atoms with Crippen LogP contribution in [0.15, 0.2) is 42.7 Å². The summed E-state index contributed by atoms with van der Waals surface area (Å²) < 4.78 is 88.1. The number of aliphatic hydroxyl groups is 1. The highest BCUT2D eigenvalue weighted by Gasteiger charge is 2.43. The van der Waals surface area contributed by atoms with Crippen LogP contribution in [0.1, 0.15) is 47.8 Å². The monoisotopic (exact) mass is 566 g/mol. The summed E-state index contributed by atoms with van der Waals surface area (Å²) in [6.45, 7) is 0.129. The van der Waals surface area contributed by atoms with Gasteiger partial charge in [-0.05, 0) is 54.2 Å². The summed E-state index contributed by atoms with van der Waals surface area (Å²) in [6, 6.07) is 5.40. The van der Waals surface area contributed by atoms with Crippen molar-refractivity contribution in [3.63, 3.8) is 0 Å². The van der Waals surface area contributed by atoms with E-state index >= 15 is 13.2 Å². The molecule has 1 saturated heterocycles. The third-order valence-corrected chi connectivity index (χ3v) is 8.03. The molecule has 5 rings (SSSR count). The zero-order valence-electron chi connectivity index (χ0n) is 22.1. The molecule has 11 heteroatoms. The van der Waals surface area contributed by atoms with Gasteiger partial charge in [-0.15, -0.1) is 0 Å². The average Bonchev–Trinajstić information content (AvgIpc) is 3.43. The van der Waals surface area contributed by atoms with Crippen molar-refractivity contribution in [1.82, 2.24) is 20.0 Å². The first-order chi connectivity index (χ1) is 19.1. The van der Waals surface area contributed by atoms with Crippen molar-refractivity contribution in [2.24, 2.45) is 5.92 Å². The zero-order chi connectivity index (χ0) is 28.6. The van der Waals surface area contributed by atoms with Crippen LogP contribution in [0, 0.1) is 17.6 Å². The van der Waals surface area contributed by atoms with E-state index in [0.29, 0.717) is 38.0 Å². The Morgan fingerprint density at radius 1 is 1.12 bits per heavy atom. The van der Waals surface area contributed by atoms with Crippen LogP contribution in [-0.4, -0.2) is 76.5 Å². The Kier molecular flexibility index (Phi) is 8.26. The number of benzene rings is 2. The maximum absolute atomic E-state index is 15.8. The van der Waals surface area contributed by atoms with Crippen LogP contribution in [0.3, 0.4) is 0 Å². The molecule has 2 aromatic carbocycles. The topological polar surface area (TPSA) is 55.4 Å². The Hall–Kier alpha value is -2.89. The van der Waals surface area contributed by atoms with Crippen LogP contribution in [0.25, 0.3) is 11.1 Å². The number of hydrogen-bond donors (Lipinski definition) is 2. The van der Waals surface area contributed by atoms with E-state index < -0.39 is 67.1 Å². The number of aliphatic hydroxyl groups excluding tert-OH is 1. The summed E-state index contributed by atoms with van der Waals surface area (Å²) in [4.78, 5) is 3.19. The van der Waals surface area contributed by atoms with Gasteiger partial charge in [0.2, 0.25) is 0 Å². The molecular formula is C29H32F6N4O. The number of rotatable bonds is 10. The molecule has 2 aliphatic rings. The lowest BCUT2D eigenvalue weighted by Gasteiger charge is -2.44. The van der Waals surface area contributed by atoms with Crippen LogP contribution in [0.2, 0.25) is 0 Å². The van der Waals surface area contributed by atoms with E-state index in [4.69, 9.17) is 0 Å². The van der Waals surface area contributed by atoms with E-state index in [1.54, 1.807) is 31.5 Å². The fraction of sp³-hybridized carbons (Fsp3) is 0.483. The van der Waals surface area contributed by atoms with E-state index in [1.807, 2.05) is 11.0 Å². The lowest BCUT2D eigenvalue weighted by molar-refractivity contribution is -0.0867. The number of fused-ring (bicyclic) bond motifs is 1. The number of H-pyrrole nitrogens is 1. The highest BCUT2D eigenvalue weighted by molar-refractivity contribution is 5.64. The van der Waals surface area contributed by atoms with Crippen LogP contribution >= 0.6 is 0 Å². The molecule has 2 N–H and O–H groups in total. The molecule has 0 amide bonds. The molecule has 3 atom stereocenters. The summed E-state index contributed by atoms with van der Waals surface area (Å²) in [5, 5.41) is 15.9. The van der Waals surface area contributed by atoms with Gasteiger partial charge in [0.1, 0.15) is 24.4 Å². The number of halogens is 6. The lowest BCUT2D eigenvalue weighted by atomic mass is 9.82. The third kappa shape index (κ3) is 5.64. The minimum Gasteiger partial charge on any atom is -0.390 e. The third-order valence-electron chi connectivity index (χ3n) is 8.03. The van der Waals surface area contributed by atoms with Gasteiger partial charge in [-0.1, -0.05) is 18.2 Å². The van der Waals surface area contributed by atoms with Crippen molar-refractivity contribution in [1.29, 1.82) is 0 Å². The molecule has 0 bridgehead atoms. The molecule has 0 aliphatic carbocycles. The minimum atomic E-state index is -3.50. The summed E-state index contributed by atoms with van der Waals surface area (Å²) in [5.74, 6) is -6.02. The molecule has 1 fully saturated rings. The molecule has 3 aromatic rings. The van der Waals surface area contributed by atoms with E-state index in [-0.39, 0.29) is 5.56 Å². The minimum absolute atomic E-state index is 0.152. The largest absolute Gasteiger partial charge is 0.390 e. The summed E-state index contributed by atoms with van der Waals surface area (Å²) in [7, 11) is 0. The van der Waals surface area contributed by atoms with Crippen LogP contribution in [0.5, 0.6) is 0 Å². The molecule has 1 unspecified atom stereocenters. The van der Waals surface area contributed by atoms with E-state index in [2.05, 4.69) is 10.2 Å². The number of nitrogens with one attached hydrogen (secondary N) is 1. The predicted molar refractivity (Wildman–Crippen MR) is 139 cm³/mol. The fourth-order valence-electron chi connectivity index (χ4n) is 5.95. The summed E-state index contributed by atoms with van der Waals surface area (Å²) in [6.07, 6.45) is 2.40. The second kappa shape index (κ2) is 11.5. The van der Waals surface area contributed by atoms with Crippen LogP contribution in [0.4, 0.5) is 26.3 Å². The van der Waals surface area contributed by atoms with Gasteiger partial charge in [0.05, 0.1) is 25.5 Å². The number of alkyl halides is 4. The second-order valence-electron chi connectivity index (χ2n) is 10.9. The first kappa shape index (κ1) is 28.6. The van der Waals surface area contributed by atoms with Crippen molar-refractivity contribution in [2.45, 2.75) is 43.9 Å². The van der Waals surface area contributed by atoms with E-state index in [0.717, 1.165) is 28.8 Å². The van der Waals surface area contributed by atoms with Crippen molar-refractivity contribution >= 4 is 0 Å². The van der Waals surface area contributed by atoms with Gasteiger partial charge in [0.25, 0.3) is 5.92 Å². The Labute approximate surface area is 228 Å². The van der Waals surface area contributed by atoms with Crippen molar-refractivity contribution in [2.75, 3.05) is 39.5 Å². The molecule has 1 aromatic heterocycles. The number of likely N-dealkylation sites (tertiary alicyclic amines) is 1.